The molecule has 0 amide bonds. The van der Waals surface area contributed by atoms with Gasteiger partial charge in [-0.1, -0.05) is 11.6 Å². The van der Waals surface area contributed by atoms with Gasteiger partial charge in [0.2, 0.25) is 0 Å². The summed E-state index contributed by atoms with van der Waals surface area (Å²) in [5.41, 5.74) is -0.161. The van der Waals surface area contributed by atoms with Gasteiger partial charge in [-0.2, -0.15) is 0 Å². The second-order valence-corrected chi connectivity index (χ2v) is 7.83. The monoisotopic (exact) mass is 370 g/mol. The molecule has 0 aliphatic rings. The number of aromatic nitrogens is 1. The molecule has 2 aromatic rings. The maximum Gasteiger partial charge on any atom is 0.271 e. The Labute approximate surface area is 120 Å². The summed E-state index contributed by atoms with van der Waals surface area (Å²) in [4.78, 5) is 3.53. The second kappa shape index (κ2) is 5.12. The van der Waals surface area contributed by atoms with E-state index >= 15 is 0 Å². The van der Waals surface area contributed by atoms with E-state index in [0.29, 0.717) is 3.79 Å². The fourth-order valence-corrected chi connectivity index (χ4v) is 4.58. The van der Waals surface area contributed by atoms with E-state index in [1.165, 1.54) is 18.3 Å². The van der Waals surface area contributed by atoms with E-state index in [4.69, 9.17) is 11.6 Å². The average Bonchev–Trinajstić information content (AvgIpc) is 2.63. The zero-order chi connectivity index (χ0) is 13.3. The van der Waals surface area contributed by atoms with Crippen LogP contribution in [0.4, 0.5) is 10.1 Å². The minimum Gasteiger partial charge on any atom is -0.276 e. The van der Waals surface area contributed by atoms with Crippen LogP contribution in [0.2, 0.25) is 5.02 Å². The number of nitrogens with one attached hydrogen (secondary N) is 1. The van der Waals surface area contributed by atoms with Crippen molar-refractivity contribution in [3.63, 3.8) is 0 Å². The number of anilines is 1. The van der Waals surface area contributed by atoms with Gasteiger partial charge in [0.25, 0.3) is 10.0 Å². The molecular formula is C9H5BrClFN2O2S2. The third kappa shape index (κ3) is 2.82. The van der Waals surface area contributed by atoms with Gasteiger partial charge in [0, 0.05) is 6.20 Å². The molecule has 0 aromatic carbocycles. The SMILES string of the molecule is O=S(=O)(Nc1ccncc1F)c1cc(Cl)c(Br)s1. The number of nitrogens with zero attached hydrogens (tertiary/aromatic N) is 1. The van der Waals surface area contributed by atoms with Crippen LogP contribution in [0.3, 0.4) is 0 Å². The highest BCUT2D eigenvalue weighted by atomic mass is 79.9. The Bertz CT molecular complexity index is 670. The first kappa shape index (κ1) is 13.7. The standard InChI is InChI=1S/C9H5BrClFN2O2S2/c10-9-5(11)3-8(17-9)18(15,16)14-7-1-2-13-4-6(7)12/h1-4H,(H,13,14). The summed E-state index contributed by atoms with van der Waals surface area (Å²) in [6.45, 7) is 0. The molecular weight excluding hydrogens is 367 g/mol. The van der Waals surface area contributed by atoms with E-state index in [1.807, 2.05) is 0 Å². The lowest BCUT2D eigenvalue weighted by Crippen LogP contribution is -2.12. The van der Waals surface area contributed by atoms with Gasteiger partial charge >= 0.3 is 0 Å². The first-order chi connectivity index (χ1) is 8.40. The molecule has 0 fully saturated rings. The Hall–Kier alpha value is -0.700. The van der Waals surface area contributed by atoms with E-state index in [-0.39, 0.29) is 14.9 Å². The molecule has 2 heterocycles. The van der Waals surface area contributed by atoms with Crippen LogP contribution in [0.1, 0.15) is 0 Å². The normalized spacial score (nSPS) is 11.5. The lowest BCUT2D eigenvalue weighted by Gasteiger charge is -2.06. The van der Waals surface area contributed by atoms with Gasteiger partial charge in [-0.05, 0) is 28.1 Å². The Morgan fingerprint density at radius 3 is 2.78 bits per heavy atom. The number of hydrogen-bond donors (Lipinski definition) is 1. The van der Waals surface area contributed by atoms with Crippen LogP contribution in [0.5, 0.6) is 0 Å². The summed E-state index contributed by atoms with van der Waals surface area (Å²) in [7, 11) is -3.85. The minimum atomic E-state index is -3.85. The molecule has 4 nitrogen and oxygen atoms in total. The largest absolute Gasteiger partial charge is 0.276 e. The molecule has 0 radical (unpaired) electrons. The molecule has 2 rings (SSSR count). The summed E-state index contributed by atoms with van der Waals surface area (Å²) in [5, 5.41) is 0.288. The molecule has 0 unspecified atom stereocenters. The third-order valence-corrected chi connectivity index (χ3v) is 6.22. The van der Waals surface area contributed by atoms with Crippen LogP contribution in [-0.2, 0) is 10.0 Å². The van der Waals surface area contributed by atoms with Crippen LogP contribution in [0.15, 0.2) is 32.5 Å². The smallest absolute Gasteiger partial charge is 0.271 e. The third-order valence-electron chi connectivity index (χ3n) is 1.90. The molecule has 0 aliphatic heterocycles. The number of hydrogen-bond acceptors (Lipinski definition) is 4. The highest BCUT2D eigenvalue weighted by Crippen LogP contribution is 2.35. The molecule has 0 saturated heterocycles. The van der Waals surface area contributed by atoms with Gasteiger partial charge in [0.05, 0.1) is 20.7 Å². The highest BCUT2D eigenvalue weighted by Gasteiger charge is 2.20. The number of thiophene rings is 1. The van der Waals surface area contributed by atoms with E-state index in [9.17, 15) is 12.8 Å². The fraction of sp³-hybridized carbons (Fsp3) is 0. The van der Waals surface area contributed by atoms with E-state index in [1.54, 1.807) is 0 Å². The highest BCUT2D eigenvalue weighted by molar-refractivity contribution is 9.11. The maximum absolute atomic E-state index is 13.3. The number of rotatable bonds is 3. The second-order valence-electron chi connectivity index (χ2n) is 3.15. The van der Waals surface area contributed by atoms with Gasteiger partial charge in [-0.15, -0.1) is 11.3 Å². The van der Waals surface area contributed by atoms with E-state index in [2.05, 4.69) is 25.6 Å². The van der Waals surface area contributed by atoms with Crippen molar-refractivity contribution in [3.05, 3.63) is 39.2 Å². The summed E-state index contributed by atoms with van der Waals surface area (Å²) in [6.07, 6.45) is 2.22. The number of pyridine rings is 1. The minimum absolute atomic E-state index is 0.00409. The van der Waals surface area contributed by atoms with Gasteiger partial charge < -0.3 is 0 Å². The summed E-state index contributed by atoms with van der Waals surface area (Å²) < 4.78 is 39.8. The molecule has 0 aliphatic carbocycles. The lowest BCUT2D eigenvalue weighted by atomic mass is 10.4. The van der Waals surface area contributed by atoms with Crippen LogP contribution in [0, 0.1) is 5.82 Å². The Morgan fingerprint density at radius 1 is 1.50 bits per heavy atom. The molecule has 0 spiro atoms. The first-order valence-corrected chi connectivity index (χ1v) is 7.94. The van der Waals surface area contributed by atoms with Gasteiger partial charge in [-0.3, -0.25) is 9.71 Å². The molecule has 2 aromatic heterocycles. The van der Waals surface area contributed by atoms with Gasteiger partial charge in [0.1, 0.15) is 4.21 Å². The maximum atomic E-state index is 13.3. The predicted molar refractivity (Wildman–Crippen MR) is 72.0 cm³/mol. The van der Waals surface area contributed by atoms with Gasteiger partial charge in [0.15, 0.2) is 5.82 Å². The molecule has 0 bridgehead atoms. The Balaban J connectivity index is 2.36. The van der Waals surface area contributed by atoms with E-state index < -0.39 is 15.8 Å². The van der Waals surface area contributed by atoms with Gasteiger partial charge in [-0.25, -0.2) is 12.8 Å². The predicted octanol–water partition coefficient (Wildman–Crippen LogP) is 3.50. The molecule has 1 N–H and O–H groups in total. The average molecular weight is 372 g/mol. The van der Waals surface area contributed by atoms with Crippen LogP contribution < -0.4 is 4.72 Å². The molecule has 9 heteroatoms. The fourth-order valence-electron chi connectivity index (χ4n) is 1.11. The molecule has 0 saturated carbocycles. The molecule has 96 valence electrons. The summed E-state index contributed by atoms with van der Waals surface area (Å²) in [5.74, 6) is -0.747. The van der Waals surface area contributed by atoms with Crippen LogP contribution >= 0.6 is 38.9 Å². The van der Waals surface area contributed by atoms with Crippen LogP contribution in [-0.4, -0.2) is 13.4 Å². The van der Waals surface area contributed by atoms with Crippen molar-refractivity contribution < 1.29 is 12.8 Å². The van der Waals surface area contributed by atoms with Crippen molar-refractivity contribution in [3.8, 4) is 0 Å². The number of sulfonamides is 1. The Kier molecular flexibility index (Phi) is 3.90. The Morgan fingerprint density at radius 2 is 2.22 bits per heavy atom. The molecule has 0 atom stereocenters. The zero-order valence-corrected chi connectivity index (χ0v) is 12.5. The summed E-state index contributed by atoms with van der Waals surface area (Å²) in [6, 6.07) is 2.52. The quantitative estimate of drug-likeness (QED) is 0.898. The van der Waals surface area contributed by atoms with Crippen molar-refractivity contribution in [1.29, 1.82) is 0 Å². The van der Waals surface area contributed by atoms with Crippen molar-refractivity contribution in [2.24, 2.45) is 0 Å². The molecule has 18 heavy (non-hydrogen) atoms. The van der Waals surface area contributed by atoms with E-state index in [0.717, 1.165) is 17.5 Å². The van der Waals surface area contributed by atoms with Crippen molar-refractivity contribution in [1.82, 2.24) is 4.98 Å². The zero-order valence-electron chi connectivity index (χ0n) is 8.52. The van der Waals surface area contributed by atoms with Crippen molar-refractivity contribution in [2.75, 3.05) is 4.72 Å². The topological polar surface area (TPSA) is 59.1 Å². The number of halogens is 3. The van der Waals surface area contributed by atoms with Crippen molar-refractivity contribution >= 4 is 54.6 Å². The summed E-state index contributed by atoms with van der Waals surface area (Å²) >= 11 is 9.82. The first-order valence-electron chi connectivity index (χ1n) is 4.47. The van der Waals surface area contributed by atoms with Crippen LogP contribution in [0.25, 0.3) is 0 Å². The van der Waals surface area contributed by atoms with Crippen molar-refractivity contribution in [2.45, 2.75) is 4.21 Å². The lowest BCUT2D eigenvalue weighted by molar-refractivity contribution is 0.599.